The number of carbonyl (C=O) groups excluding carboxylic acids is 1. The minimum atomic E-state index is -0.863. The van der Waals surface area contributed by atoms with Crippen molar-refractivity contribution in [3.63, 3.8) is 0 Å². The van der Waals surface area contributed by atoms with E-state index in [1.165, 1.54) is 0 Å². The SMILES string of the molecule is CCC(C)(C#N)C(=O)NCCSC. The standard InChI is InChI=1S/C9H16N2OS/c1-4-9(2,7-10)8(12)11-5-6-13-3/h4-6H2,1-3H3,(H,11,12). The first kappa shape index (κ1) is 12.3. The summed E-state index contributed by atoms with van der Waals surface area (Å²) in [6, 6.07) is 2.04. The van der Waals surface area contributed by atoms with E-state index in [9.17, 15) is 4.79 Å². The van der Waals surface area contributed by atoms with Crippen LogP contribution in [0, 0.1) is 16.7 Å². The fourth-order valence-electron chi connectivity index (χ4n) is 0.752. The van der Waals surface area contributed by atoms with Crippen molar-refractivity contribution in [3.05, 3.63) is 0 Å². The van der Waals surface area contributed by atoms with Crippen LogP contribution in [0.25, 0.3) is 0 Å². The van der Waals surface area contributed by atoms with E-state index in [0.717, 1.165) is 5.75 Å². The summed E-state index contributed by atoms with van der Waals surface area (Å²) in [5, 5.41) is 11.5. The van der Waals surface area contributed by atoms with Gasteiger partial charge in [-0.3, -0.25) is 4.79 Å². The van der Waals surface area contributed by atoms with Gasteiger partial charge < -0.3 is 5.32 Å². The summed E-state index contributed by atoms with van der Waals surface area (Å²) in [4.78, 5) is 11.5. The number of nitrogens with zero attached hydrogens (tertiary/aromatic N) is 1. The highest BCUT2D eigenvalue weighted by molar-refractivity contribution is 7.98. The maximum Gasteiger partial charge on any atom is 0.240 e. The highest BCUT2D eigenvalue weighted by Gasteiger charge is 2.30. The molecular formula is C9H16N2OS. The number of hydrogen-bond acceptors (Lipinski definition) is 3. The molecule has 1 amide bonds. The van der Waals surface area contributed by atoms with Crippen LogP contribution in [0.3, 0.4) is 0 Å². The van der Waals surface area contributed by atoms with Crippen LogP contribution in [0.2, 0.25) is 0 Å². The van der Waals surface area contributed by atoms with Crippen molar-refractivity contribution in [2.75, 3.05) is 18.6 Å². The summed E-state index contributed by atoms with van der Waals surface area (Å²) in [6.07, 6.45) is 2.53. The number of carbonyl (C=O) groups is 1. The zero-order valence-corrected chi connectivity index (χ0v) is 9.20. The molecule has 0 heterocycles. The lowest BCUT2D eigenvalue weighted by Gasteiger charge is -2.18. The third-order valence-corrected chi connectivity index (χ3v) is 2.66. The largest absolute Gasteiger partial charge is 0.354 e. The molecule has 0 spiro atoms. The van der Waals surface area contributed by atoms with Crippen molar-refractivity contribution in [1.82, 2.24) is 5.32 Å². The Balaban J connectivity index is 4.02. The molecule has 0 aromatic rings. The number of rotatable bonds is 5. The van der Waals surface area contributed by atoms with Crippen molar-refractivity contribution in [1.29, 1.82) is 5.26 Å². The predicted molar refractivity (Wildman–Crippen MR) is 55.4 cm³/mol. The van der Waals surface area contributed by atoms with Crippen LogP contribution in [0.4, 0.5) is 0 Å². The number of amides is 1. The molecule has 0 aliphatic heterocycles. The lowest BCUT2D eigenvalue weighted by Crippen LogP contribution is -2.38. The van der Waals surface area contributed by atoms with Crippen LogP contribution in [-0.4, -0.2) is 24.5 Å². The Morgan fingerprint density at radius 2 is 2.31 bits per heavy atom. The second-order valence-electron chi connectivity index (χ2n) is 3.05. The lowest BCUT2D eigenvalue weighted by atomic mass is 9.88. The molecule has 0 radical (unpaired) electrons. The summed E-state index contributed by atoms with van der Waals surface area (Å²) in [5.74, 6) is 0.725. The minimum Gasteiger partial charge on any atom is -0.354 e. The number of nitrogens with one attached hydrogen (secondary N) is 1. The summed E-state index contributed by atoms with van der Waals surface area (Å²) >= 11 is 1.67. The zero-order chi connectivity index (χ0) is 10.3. The molecule has 74 valence electrons. The quantitative estimate of drug-likeness (QED) is 0.683. The monoisotopic (exact) mass is 200 g/mol. The van der Waals surface area contributed by atoms with Crippen molar-refractivity contribution in [2.45, 2.75) is 20.3 Å². The van der Waals surface area contributed by atoms with Crippen LogP contribution in [0.1, 0.15) is 20.3 Å². The van der Waals surface area contributed by atoms with E-state index in [1.807, 2.05) is 19.2 Å². The van der Waals surface area contributed by atoms with Gasteiger partial charge in [0.2, 0.25) is 5.91 Å². The topological polar surface area (TPSA) is 52.9 Å². The molecule has 0 aromatic heterocycles. The first-order valence-electron chi connectivity index (χ1n) is 4.29. The average molecular weight is 200 g/mol. The Morgan fingerprint density at radius 1 is 1.69 bits per heavy atom. The fraction of sp³-hybridized carbons (Fsp3) is 0.778. The van der Waals surface area contributed by atoms with Gasteiger partial charge in [-0.15, -0.1) is 0 Å². The van der Waals surface area contributed by atoms with Gasteiger partial charge in [-0.1, -0.05) is 6.92 Å². The normalized spacial score (nSPS) is 14.3. The number of hydrogen-bond donors (Lipinski definition) is 1. The molecular weight excluding hydrogens is 184 g/mol. The zero-order valence-electron chi connectivity index (χ0n) is 8.39. The Kier molecular flexibility index (Phi) is 5.56. The summed E-state index contributed by atoms with van der Waals surface area (Å²) in [6.45, 7) is 4.15. The van der Waals surface area contributed by atoms with Crippen molar-refractivity contribution in [2.24, 2.45) is 5.41 Å². The molecule has 1 atom stereocenters. The van der Waals surface area contributed by atoms with E-state index >= 15 is 0 Å². The molecule has 1 N–H and O–H groups in total. The Morgan fingerprint density at radius 3 is 2.69 bits per heavy atom. The maximum absolute atomic E-state index is 11.5. The number of nitriles is 1. The number of thioether (sulfide) groups is 1. The second-order valence-corrected chi connectivity index (χ2v) is 4.03. The minimum absolute atomic E-state index is 0.161. The van der Waals surface area contributed by atoms with Crippen LogP contribution >= 0.6 is 11.8 Å². The van der Waals surface area contributed by atoms with Gasteiger partial charge in [0.1, 0.15) is 5.41 Å². The first-order valence-corrected chi connectivity index (χ1v) is 5.68. The lowest BCUT2D eigenvalue weighted by molar-refractivity contribution is -0.127. The highest BCUT2D eigenvalue weighted by Crippen LogP contribution is 2.19. The molecule has 3 nitrogen and oxygen atoms in total. The van der Waals surface area contributed by atoms with Gasteiger partial charge >= 0.3 is 0 Å². The van der Waals surface area contributed by atoms with Crippen LogP contribution < -0.4 is 5.32 Å². The molecule has 0 aromatic carbocycles. The molecule has 4 heteroatoms. The smallest absolute Gasteiger partial charge is 0.240 e. The molecule has 0 bridgehead atoms. The molecule has 13 heavy (non-hydrogen) atoms. The molecule has 0 aliphatic carbocycles. The summed E-state index contributed by atoms with van der Waals surface area (Å²) < 4.78 is 0. The molecule has 0 saturated heterocycles. The molecule has 0 saturated carbocycles. The molecule has 0 rings (SSSR count). The van der Waals surface area contributed by atoms with Gasteiger partial charge in [-0.25, -0.2) is 0 Å². The molecule has 1 unspecified atom stereocenters. The Labute approximate surface area is 83.9 Å². The van der Waals surface area contributed by atoms with Gasteiger partial charge in [-0.2, -0.15) is 17.0 Å². The van der Waals surface area contributed by atoms with Crippen LogP contribution in [0.5, 0.6) is 0 Å². The van der Waals surface area contributed by atoms with E-state index in [1.54, 1.807) is 18.7 Å². The van der Waals surface area contributed by atoms with E-state index in [-0.39, 0.29) is 5.91 Å². The van der Waals surface area contributed by atoms with Crippen molar-refractivity contribution in [3.8, 4) is 6.07 Å². The van der Waals surface area contributed by atoms with E-state index in [0.29, 0.717) is 13.0 Å². The van der Waals surface area contributed by atoms with Gasteiger partial charge in [-0.05, 0) is 19.6 Å². The second kappa shape index (κ2) is 5.87. The Hall–Kier alpha value is -0.690. The highest BCUT2D eigenvalue weighted by atomic mass is 32.2. The molecule has 0 aliphatic rings. The van der Waals surface area contributed by atoms with Gasteiger partial charge in [0, 0.05) is 12.3 Å². The van der Waals surface area contributed by atoms with Crippen LogP contribution in [0.15, 0.2) is 0 Å². The van der Waals surface area contributed by atoms with Gasteiger partial charge in [0.15, 0.2) is 0 Å². The summed E-state index contributed by atoms with van der Waals surface area (Å²) in [7, 11) is 0. The van der Waals surface area contributed by atoms with E-state index < -0.39 is 5.41 Å². The summed E-state index contributed by atoms with van der Waals surface area (Å²) in [5.41, 5.74) is -0.863. The van der Waals surface area contributed by atoms with E-state index in [4.69, 9.17) is 5.26 Å². The third kappa shape index (κ3) is 3.69. The van der Waals surface area contributed by atoms with E-state index in [2.05, 4.69) is 5.32 Å². The van der Waals surface area contributed by atoms with Crippen LogP contribution in [-0.2, 0) is 4.79 Å². The van der Waals surface area contributed by atoms with Crippen molar-refractivity contribution >= 4 is 17.7 Å². The first-order chi connectivity index (χ1) is 6.10. The molecule has 0 fully saturated rings. The van der Waals surface area contributed by atoms with Crippen molar-refractivity contribution < 1.29 is 4.79 Å². The predicted octanol–water partition coefficient (Wildman–Crippen LogP) is 1.41. The maximum atomic E-state index is 11.5. The third-order valence-electron chi connectivity index (χ3n) is 2.05. The fourth-order valence-corrected chi connectivity index (χ4v) is 1.06. The Bertz CT molecular complexity index is 212. The van der Waals surface area contributed by atoms with Gasteiger partial charge in [0.25, 0.3) is 0 Å². The van der Waals surface area contributed by atoms with Gasteiger partial charge in [0.05, 0.1) is 6.07 Å². The average Bonchev–Trinajstić information content (AvgIpc) is 2.17.